The van der Waals surface area contributed by atoms with Crippen LogP contribution in [0.2, 0.25) is 0 Å². The Hall–Kier alpha value is -0.0100. The Kier molecular flexibility index (Phi) is 4.82. The van der Waals surface area contributed by atoms with Gasteiger partial charge in [0.2, 0.25) is 0 Å². The van der Waals surface area contributed by atoms with Gasteiger partial charge in [0.15, 0.2) is 0 Å². The van der Waals surface area contributed by atoms with Gasteiger partial charge in [-0.15, -0.1) is 0 Å². The molecule has 2 unspecified atom stereocenters. The zero-order valence-corrected chi connectivity index (χ0v) is 9.24. The molecule has 1 aliphatic rings. The first kappa shape index (κ1) is 11.1. The first-order chi connectivity index (χ1) is 6.24. The van der Waals surface area contributed by atoms with E-state index in [1.54, 1.807) is 0 Å². The smallest absolute Gasteiger partial charge is 0.0310 e. The van der Waals surface area contributed by atoms with Crippen LogP contribution in [0.5, 0.6) is 0 Å². The lowest BCUT2D eigenvalue weighted by molar-refractivity contribution is 0.261. The van der Waals surface area contributed by atoms with Crippen molar-refractivity contribution in [3.8, 4) is 0 Å². The van der Waals surface area contributed by atoms with Gasteiger partial charge in [0.25, 0.3) is 0 Å². The summed E-state index contributed by atoms with van der Waals surface area (Å²) in [4.78, 5) is 0. The highest BCUT2D eigenvalue weighted by Crippen LogP contribution is 2.26. The average molecular weight is 202 g/mol. The van der Waals surface area contributed by atoms with Crippen LogP contribution in [0.25, 0.3) is 0 Å². The van der Waals surface area contributed by atoms with E-state index in [9.17, 15) is 0 Å². The second-order valence-electron chi connectivity index (χ2n) is 3.96. The zero-order valence-electron chi connectivity index (χ0n) is 8.48. The van der Waals surface area contributed by atoms with E-state index in [1.165, 1.54) is 32.1 Å². The summed E-state index contributed by atoms with van der Waals surface area (Å²) >= 11 is 5.73. The average Bonchev–Trinajstić information content (AvgIpc) is 2.15. The van der Waals surface area contributed by atoms with Crippen molar-refractivity contribution >= 4 is 11.6 Å². The van der Waals surface area contributed by atoms with Crippen molar-refractivity contribution in [3.05, 3.63) is 11.6 Å². The summed E-state index contributed by atoms with van der Waals surface area (Å²) in [6.45, 7) is 6.74. The van der Waals surface area contributed by atoms with Gasteiger partial charge in [0.1, 0.15) is 0 Å². The lowest BCUT2D eigenvalue weighted by Gasteiger charge is -2.31. The molecule has 0 aliphatic heterocycles. The molecule has 1 nitrogen and oxygen atoms in total. The van der Waals surface area contributed by atoms with Gasteiger partial charge < -0.3 is 5.32 Å². The maximum atomic E-state index is 5.73. The Morgan fingerprint density at radius 2 is 2.15 bits per heavy atom. The minimum Gasteiger partial charge on any atom is -0.309 e. The van der Waals surface area contributed by atoms with E-state index >= 15 is 0 Å². The lowest BCUT2D eigenvalue weighted by Crippen LogP contribution is -2.38. The van der Waals surface area contributed by atoms with E-state index in [-0.39, 0.29) is 0 Å². The molecule has 0 aromatic carbocycles. The molecule has 0 spiro atoms. The molecule has 2 heteroatoms. The van der Waals surface area contributed by atoms with Crippen molar-refractivity contribution in [1.82, 2.24) is 5.32 Å². The van der Waals surface area contributed by atoms with Crippen molar-refractivity contribution in [1.29, 1.82) is 0 Å². The third-order valence-corrected chi connectivity index (χ3v) is 3.12. The van der Waals surface area contributed by atoms with Gasteiger partial charge in [-0.2, -0.15) is 0 Å². The lowest BCUT2D eigenvalue weighted by atomic mass is 9.83. The zero-order chi connectivity index (χ0) is 9.68. The highest BCUT2D eigenvalue weighted by atomic mass is 35.5. The van der Waals surface area contributed by atoms with Gasteiger partial charge in [0, 0.05) is 17.6 Å². The molecule has 0 radical (unpaired) electrons. The summed E-state index contributed by atoms with van der Waals surface area (Å²) in [5.74, 6) is 0.852. The SMILES string of the molecule is C=C(Cl)CNC1CCCCC1CC. The third-order valence-electron chi connectivity index (χ3n) is 2.99. The predicted octanol–water partition coefficient (Wildman–Crippen LogP) is 3.30. The second-order valence-corrected chi connectivity index (χ2v) is 4.49. The van der Waals surface area contributed by atoms with Crippen molar-refractivity contribution in [2.75, 3.05) is 6.54 Å². The van der Waals surface area contributed by atoms with Gasteiger partial charge >= 0.3 is 0 Å². The van der Waals surface area contributed by atoms with Crippen molar-refractivity contribution < 1.29 is 0 Å². The number of nitrogens with one attached hydrogen (secondary N) is 1. The van der Waals surface area contributed by atoms with Crippen LogP contribution in [0.4, 0.5) is 0 Å². The standard InChI is InChI=1S/C11H20ClN/c1-3-10-6-4-5-7-11(10)13-8-9(2)12/h10-11,13H,2-8H2,1H3. The highest BCUT2D eigenvalue weighted by Gasteiger charge is 2.22. The van der Waals surface area contributed by atoms with Crippen LogP contribution in [-0.2, 0) is 0 Å². The first-order valence-electron chi connectivity index (χ1n) is 5.30. The van der Waals surface area contributed by atoms with E-state index in [1.807, 2.05) is 0 Å². The summed E-state index contributed by atoms with van der Waals surface area (Å²) in [6.07, 6.45) is 6.74. The summed E-state index contributed by atoms with van der Waals surface area (Å²) in [5.41, 5.74) is 0. The summed E-state index contributed by atoms with van der Waals surface area (Å²) < 4.78 is 0. The van der Waals surface area contributed by atoms with Crippen molar-refractivity contribution in [2.24, 2.45) is 5.92 Å². The minimum absolute atomic E-state index is 0.675. The third kappa shape index (κ3) is 3.70. The fourth-order valence-corrected chi connectivity index (χ4v) is 2.28. The molecular weight excluding hydrogens is 182 g/mol. The topological polar surface area (TPSA) is 12.0 Å². The Balaban J connectivity index is 2.31. The summed E-state index contributed by atoms with van der Waals surface area (Å²) in [5, 5.41) is 4.21. The Morgan fingerprint density at radius 3 is 2.77 bits per heavy atom. The van der Waals surface area contributed by atoms with E-state index < -0.39 is 0 Å². The first-order valence-corrected chi connectivity index (χ1v) is 5.68. The summed E-state index contributed by atoms with van der Waals surface area (Å²) in [6, 6.07) is 0.675. The number of rotatable bonds is 4. The van der Waals surface area contributed by atoms with Crippen LogP contribution in [0.3, 0.4) is 0 Å². The summed E-state index contributed by atoms with van der Waals surface area (Å²) in [7, 11) is 0. The molecule has 0 saturated heterocycles. The van der Waals surface area contributed by atoms with Crippen LogP contribution in [0.15, 0.2) is 11.6 Å². The van der Waals surface area contributed by atoms with Gasteiger partial charge in [-0.05, 0) is 18.8 Å². The van der Waals surface area contributed by atoms with E-state index in [4.69, 9.17) is 11.6 Å². The molecule has 13 heavy (non-hydrogen) atoms. The largest absolute Gasteiger partial charge is 0.309 e. The fourth-order valence-electron chi connectivity index (χ4n) is 2.21. The molecule has 1 aliphatic carbocycles. The molecular formula is C11H20ClN. The molecule has 1 saturated carbocycles. The minimum atomic E-state index is 0.675. The van der Waals surface area contributed by atoms with Crippen LogP contribution in [0, 0.1) is 5.92 Å². The second kappa shape index (κ2) is 5.66. The number of hydrogen-bond acceptors (Lipinski definition) is 1. The van der Waals surface area contributed by atoms with Gasteiger partial charge in [-0.25, -0.2) is 0 Å². The molecule has 0 amide bonds. The van der Waals surface area contributed by atoms with E-state index in [0.29, 0.717) is 6.04 Å². The molecule has 0 heterocycles. The maximum Gasteiger partial charge on any atom is 0.0310 e. The van der Waals surface area contributed by atoms with Crippen molar-refractivity contribution in [2.45, 2.75) is 45.1 Å². The quantitative estimate of drug-likeness (QED) is 0.736. The van der Waals surface area contributed by atoms with E-state index in [2.05, 4.69) is 18.8 Å². The van der Waals surface area contributed by atoms with Crippen LogP contribution >= 0.6 is 11.6 Å². The van der Waals surface area contributed by atoms with E-state index in [0.717, 1.165) is 17.5 Å². The normalized spacial score (nSPS) is 28.8. The maximum absolute atomic E-state index is 5.73. The molecule has 76 valence electrons. The predicted molar refractivity (Wildman–Crippen MR) is 59.0 cm³/mol. The molecule has 0 aromatic rings. The van der Waals surface area contributed by atoms with Crippen LogP contribution in [0.1, 0.15) is 39.0 Å². The molecule has 2 atom stereocenters. The molecule has 1 rings (SSSR count). The van der Waals surface area contributed by atoms with Crippen LogP contribution in [-0.4, -0.2) is 12.6 Å². The number of hydrogen-bond donors (Lipinski definition) is 1. The number of halogens is 1. The monoisotopic (exact) mass is 201 g/mol. The highest BCUT2D eigenvalue weighted by molar-refractivity contribution is 6.29. The molecule has 0 aromatic heterocycles. The van der Waals surface area contributed by atoms with Gasteiger partial charge in [-0.1, -0.05) is 44.4 Å². The molecule has 0 bridgehead atoms. The van der Waals surface area contributed by atoms with Crippen molar-refractivity contribution in [3.63, 3.8) is 0 Å². The molecule has 1 N–H and O–H groups in total. The Bertz CT molecular complexity index is 167. The fraction of sp³-hybridized carbons (Fsp3) is 0.818. The Labute approximate surface area is 86.5 Å². The van der Waals surface area contributed by atoms with Gasteiger partial charge in [-0.3, -0.25) is 0 Å². The Morgan fingerprint density at radius 1 is 1.46 bits per heavy atom. The molecule has 1 fully saturated rings. The van der Waals surface area contributed by atoms with Gasteiger partial charge in [0.05, 0.1) is 0 Å². The van der Waals surface area contributed by atoms with Crippen LogP contribution < -0.4 is 5.32 Å².